The molecule has 0 bridgehead atoms. The number of pyridine rings is 1. The zero-order valence-electron chi connectivity index (χ0n) is 9.47. The van der Waals surface area contributed by atoms with E-state index in [9.17, 15) is 5.11 Å². The van der Waals surface area contributed by atoms with Crippen molar-refractivity contribution in [3.63, 3.8) is 0 Å². The van der Waals surface area contributed by atoms with Crippen molar-refractivity contribution in [2.24, 2.45) is 0 Å². The molecular weight excluding hydrogens is 202 g/mol. The van der Waals surface area contributed by atoms with Gasteiger partial charge in [-0.2, -0.15) is 0 Å². The Bertz CT molecular complexity index is 326. The summed E-state index contributed by atoms with van der Waals surface area (Å²) in [5.74, 6) is 0.926. The van der Waals surface area contributed by atoms with Gasteiger partial charge in [0.15, 0.2) is 0 Å². The van der Waals surface area contributed by atoms with E-state index in [0.717, 1.165) is 18.8 Å². The first-order chi connectivity index (χ1) is 7.81. The first-order valence-corrected chi connectivity index (χ1v) is 5.90. The summed E-state index contributed by atoms with van der Waals surface area (Å²) < 4.78 is 0. The van der Waals surface area contributed by atoms with Gasteiger partial charge in [-0.05, 0) is 25.0 Å². The van der Waals surface area contributed by atoms with Crippen molar-refractivity contribution in [3.05, 3.63) is 18.3 Å². The molecule has 0 aromatic carbocycles. The van der Waals surface area contributed by atoms with Gasteiger partial charge in [0.2, 0.25) is 0 Å². The van der Waals surface area contributed by atoms with E-state index in [0.29, 0.717) is 5.69 Å². The second kappa shape index (κ2) is 5.16. The molecule has 1 fully saturated rings. The highest BCUT2D eigenvalue weighted by Gasteiger charge is 2.21. The summed E-state index contributed by atoms with van der Waals surface area (Å²) >= 11 is 0. The zero-order chi connectivity index (χ0) is 11.4. The Labute approximate surface area is 96.1 Å². The molecule has 16 heavy (non-hydrogen) atoms. The number of rotatable bonds is 2. The van der Waals surface area contributed by atoms with Gasteiger partial charge in [-0.3, -0.25) is 0 Å². The quantitative estimate of drug-likeness (QED) is 0.792. The Balaban J connectivity index is 2.18. The van der Waals surface area contributed by atoms with Gasteiger partial charge in [-0.1, -0.05) is 12.8 Å². The molecule has 4 nitrogen and oxygen atoms in total. The number of hydrogen-bond donors (Lipinski definition) is 2. The van der Waals surface area contributed by atoms with Gasteiger partial charge in [0.1, 0.15) is 5.82 Å². The number of aliphatic hydroxyl groups is 1. The average molecular weight is 221 g/mol. The van der Waals surface area contributed by atoms with Crippen LogP contribution in [0, 0.1) is 0 Å². The second-order valence-corrected chi connectivity index (χ2v) is 4.33. The van der Waals surface area contributed by atoms with E-state index in [1.165, 1.54) is 19.3 Å². The van der Waals surface area contributed by atoms with Crippen LogP contribution in [0.2, 0.25) is 0 Å². The highest BCUT2D eigenvalue weighted by Crippen LogP contribution is 2.22. The lowest BCUT2D eigenvalue weighted by Gasteiger charge is -2.29. The third kappa shape index (κ3) is 2.44. The van der Waals surface area contributed by atoms with Crippen molar-refractivity contribution in [2.45, 2.75) is 31.7 Å². The maximum Gasteiger partial charge on any atom is 0.128 e. The lowest BCUT2D eigenvalue weighted by molar-refractivity contribution is 0.254. The maximum atomic E-state index is 9.41. The van der Waals surface area contributed by atoms with Gasteiger partial charge in [-0.25, -0.2) is 4.98 Å². The number of nitrogen functional groups attached to an aromatic ring is 1. The van der Waals surface area contributed by atoms with E-state index >= 15 is 0 Å². The molecule has 0 radical (unpaired) electrons. The number of nitrogens with zero attached hydrogens (tertiary/aromatic N) is 2. The predicted octanol–water partition coefficient (Wildman–Crippen LogP) is 1.41. The molecule has 1 aromatic rings. The number of anilines is 2. The fourth-order valence-corrected chi connectivity index (χ4v) is 2.24. The van der Waals surface area contributed by atoms with Gasteiger partial charge in [0.05, 0.1) is 24.5 Å². The van der Waals surface area contributed by atoms with Crippen LogP contribution in [0.5, 0.6) is 0 Å². The predicted molar refractivity (Wildman–Crippen MR) is 65.3 cm³/mol. The minimum atomic E-state index is 0.200. The van der Waals surface area contributed by atoms with Crippen LogP contribution < -0.4 is 10.6 Å². The molecule has 0 aliphatic carbocycles. The molecule has 0 saturated carbocycles. The molecule has 0 spiro atoms. The number of aliphatic hydroxyl groups excluding tert-OH is 1. The SMILES string of the molecule is Nc1ccc(N2CCCCCC2CO)nc1. The fraction of sp³-hybridized carbons (Fsp3) is 0.583. The van der Waals surface area contributed by atoms with E-state index in [1.807, 2.05) is 12.1 Å². The third-order valence-electron chi connectivity index (χ3n) is 3.15. The van der Waals surface area contributed by atoms with Gasteiger partial charge < -0.3 is 15.7 Å². The van der Waals surface area contributed by atoms with Crippen molar-refractivity contribution in [2.75, 3.05) is 23.8 Å². The van der Waals surface area contributed by atoms with Crippen molar-refractivity contribution in [1.29, 1.82) is 0 Å². The minimum absolute atomic E-state index is 0.200. The Kier molecular flexibility index (Phi) is 3.62. The minimum Gasteiger partial charge on any atom is -0.397 e. The summed E-state index contributed by atoms with van der Waals surface area (Å²) in [5.41, 5.74) is 6.30. The van der Waals surface area contributed by atoms with Crippen LogP contribution in [0.15, 0.2) is 18.3 Å². The lowest BCUT2D eigenvalue weighted by atomic mass is 10.1. The highest BCUT2D eigenvalue weighted by atomic mass is 16.3. The third-order valence-corrected chi connectivity index (χ3v) is 3.15. The first kappa shape index (κ1) is 11.2. The fourth-order valence-electron chi connectivity index (χ4n) is 2.24. The van der Waals surface area contributed by atoms with E-state index in [-0.39, 0.29) is 12.6 Å². The van der Waals surface area contributed by atoms with E-state index < -0.39 is 0 Å². The van der Waals surface area contributed by atoms with Crippen LogP contribution >= 0.6 is 0 Å². The summed E-state index contributed by atoms with van der Waals surface area (Å²) in [4.78, 5) is 6.53. The molecule has 0 amide bonds. The van der Waals surface area contributed by atoms with Crippen molar-refractivity contribution in [1.82, 2.24) is 4.98 Å². The van der Waals surface area contributed by atoms with Crippen LogP contribution in [-0.4, -0.2) is 29.3 Å². The lowest BCUT2D eigenvalue weighted by Crippen LogP contribution is -2.38. The topological polar surface area (TPSA) is 62.4 Å². The van der Waals surface area contributed by atoms with Crippen LogP contribution in [0.3, 0.4) is 0 Å². The van der Waals surface area contributed by atoms with Gasteiger partial charge in [0.25, 0.3) is 0 Å². The molecule has 1 aliphatic heterocycles. The largest absolute Gasteiger partial charge is 0.397 e. The smallest absolute Gasteiger partial charge is 0.128 e. The zero-order valence-corrected chi connectivity index (χ0v) is 9.47. The summed E-state index contributed by atoms with van der Waals surface area (Å²) in [5, 5.41) is 9.41. The Morgan fingerprint density at radius 1 is 1.38 bits per heavy atom. The Morgan fingerprint density at radius 3 is 2.94 bits per heavy atom. The number of hydrogen-bond acceptors (Lipinski definition) is 4. The normalized spacial score (nSPS) is 21.8. The molecule has 3 N–H and O–H groups in total. The molecule has 1 aromatic heterocycles. The van der Waals surface area contributed by atoms with Crippen molar-refractivity contribution >= 4 is 11.5 Å². The second-order valence-electron chi connectivity index (χ2n) is 4.33. The van der Waals surface area contributed by atoms with Crippen molar-refractivity contribution < 1.29 is 5.11 Å². The number of nitrogens with two attached hydrogens (primary N) is 1. The highest BCUT2D eigenvalue weighted by molar-refractivity contribution is 5.46. The van der Waals surface area contributed by atoms with E-state index in [4.69, 9.17) is 5.73 Å². The molecule has 88 valence electrons. The van der Waals surface area contributed by atoms with Gasteiger partial charge in [0, 0.05) is 6.54 Å². The first-order valence-electron chi connectivity index (χ1n) is 5.90. The molecule has 1 atom stereocenters. The van der Waals surface area contributed by atoms with Crippen LogP contribution in [0.4, 0.5) is 11.5 Å². The van der Waals surface area contributed by atoms with Crippen LogP contribution in [-0.2, 0) is 0 Å². The van der Waals surface area contributed by atoms with Gasteiger partial charge in [-0.15, -0.1) is 0 Å². The summed E-state index contributed by atoms with van der Waals surface area (Å²) in [6, 6.07) is 4.00. The number of aromatic nitrogens is 1. The summed E-state index contributed by atoms with van der Waals surface area (Å²) in [6.07, 6.45) is 6.32. The Morgan fingerprint density at radius 2 is 2.25 bits per heavy atom. The maximum absolute atomic E-state index is 9.41. The standard InChI is InChI=1S/C12H19N3O/c13-10-5-6-12(14-8-10)15-7-3-1-2-4-11(15)9-16/h5-6,8,11,16H,1-4,7,9,13H2. The molecule has 2 rings (SSSR count). The molecule has 1 unspecified atom stereocenters. The van der Waals surface area contributed by atoms with Crippen LogP contribution in [0.1, 0.15) is 25.7 Å². The Hall–Kier alpha value is -1.29. The van der Waals surface area contributed by atoms with Crippen molar-refractivity contribution in [3.8, 4) is 0 Å². The molecular formula is C12H19N3O. The van der Waals surface area contributed by atoms with E-state index in [2.05, 4.69) is 9.88 Å². The summed E-state index contributed by atoms with van der Waals surface area (Å²) in [7, 11) is 0. The van der Waals surface area contributed by atoms with Crippen LogP contribution in [0.25, 0.3) is 0 Å². The molecule has 1 saturated heterocycles. The monoisotopic (exact) mass is 221 g/mol. The van der Waals surface area contributed by atoms with Gasteiger partial charge >= 0.3 is 0 Å². The molecule has 1 aliphatic rings. The molecule has 4 heteroatoms. The summed E-state index contributed by atoms with van der Waals surface area (Å²) in [6.45, 7) is 1.17. The average Bonchev–Trinajstić information content (AvgIpc) is 2.55. The molecule has 2 heterocycles. The van der Waals surface area contributed by atoms with E-state index in [1.54, 1.807) is 6.20 Å².